The second-order valence-electron chi connectivity index (χ2n) is 3.05. The predicted octanol–water partition coefficient (Wildman–Crippen LogP) is 1.02. The van der Waals surface area contributed by atoms with E-state index in [1.54, 1.807) is 0 Å². The zero-order valence-electron chi connectivity index (χ0n) is 8.00. The normalized spacial score (nSPS) is 16.9. The Hall–Kier alpha value is 0.270. The fourth-order valence-corrected chi connectivity index (χ4v) is 1.68. The highest BCUT2D eigenvalue weighted by Gasteiger charge is 2.12. The van der Waals surface area contributed by atoms with Crippen molar-refractivity contribution in [3.05, 3.63) is 0 Å². The highest BCUT2D eigenvalue weighted by molar-refractivity contribution is 7.98. The lowest BCUT2D eigenvalue weighted by Crippen LogP contribution is -2.42. The van der Waals surface area contributed by atoms with Crippen LogP contribution >= 0.6 is 11.8 Å². The van der Waals surface area contributed by atoms with Crippen molar-refractivity contribution < 1.29 is 0 Å². The zero-order valence-corrected chi connectivity index (χ0v) is 8.82. The maximum atomic E-state index is 5.56. The molecule has 0 spiro atoms. The molecule has 0 radical (unpaired) electrons. The summed E-state index contributed by atoms with van der Waals surface area (Å²) < 4.78 is 0. The molecule has 11 heavy (non-hydrogen) atoms. The lowest BCUT2D eigenvalue weighted by atomic mass is 10.2. The topological polar surface area (TPSA) is 29.3 Å². The third-order valence-corrected chi connectivity index (χ3v) is 2.96. The molecule has 0 heterocycles. The summed E-state index contributed by atoms with van der Waals surface area (Å²) in [6.45, 7) is 5.15. The van der Waals surface area contributed by atoms with Gasteiger partial charge in [-0.3, -0.25) is 4.90 Å². The van der Waals surface area contributed by atoms with E-state index >= 15 is 0 Å². The van der Waals surface area contributed by atoms with E-state index in [4.69, 9.17) is 5.73 Å². The molecule has 68 valence electrons. The van der Waals surface area contributed by atoms with Crippen LogP contribution in [0.15, 0.2) is 0 Å². The maximum Gasteiger partial charge on any atom is 0.0190 e. The molecule has 0 saturated heterocycles. The van der Waals surface area contributed by atoms with Gasteiger partial charge in [0.2, 0.25) is 0 Å². The summed E-state index contributed by atoms with van der Waals surface area (Å²) in [5.41, 5.74) is 5.56. The average molecular weight is 176 g/mol. The van der Waals surface area contributed by atoms with Gasteiger partial charge < -0.3 is 5.73 Å². The number of hydrogen-bond acceptors (Lipinski definition) is 3. The first-order valence-electron chi connectivity index (χ1n) is 4.04. The summed E-state index contributed by atoms with van der Waals surface area (Å²) in [4.78, 5) is 2.33. The molecule has 3 heteroatoms. The molecular formula is C8H20N2S. The van der Waals surface area contributed by atoms with Gasteiger partial charge in [-0.25, -0.2) is 0 Å². The van der Waals surface area contributed by atoms with Crippen molar-refractivity contribution in [3.8, 4) is 0 Å². The molecule has 2 N–H and O–H groups in total. The SMILES string of the molecule is CSCC(C)N(C)C(C)CN. The van der Waals surface area contributed by atoms with Gasteiger partial charge in [0.05, 0.1) is 0 Å². The Morgan fingerprint density at radius 2 is 1.91 bits per heavy atom. The van der Waals surface area contributed by atoms with Crippen molar-refractivity contribution in [2.75, 3.05) is 25.6 Å². The van der Waals surface area contributed by atoms with Crippen LogP contribution < -0.4 is 5.73 Å². The Kier molecular flexibility index (Phi) is 6.01. The van der Waals surface area contributed by atoms with Gasteiger partial charge in [-0.2, -0.15) is 11.8 Å². The van der Waals surface area contributed by atoms with E-state index in [0.29, 0.717) is 12.1 Å². The van der Waals surface area contributed by atoms with Gasteiger partial charge in [0, 0.05) is 24.4 Å². The lowest BCUT2D eigenvalue weighted by Gasteiger charge is -2.29. The van der Waals surface area contributed by atoms with Gasteiger partial charge in [0.1, 0.15) is 0 Å². The largest absolute Gasteiger partial charge is 0.329 e. The van der Waals surface area contributed by atoms with Gasteiger partial charge in [-0.15, -0.1) is 0 Å². The second kappa shape index (κ2) is 5.86. The van der Waals surface area contributed by atoms with Crippen LogP contribution in [0, 0.1) is 0 Å². The lowest BCUT2D eigenvalue weighted by molar-refractivity contribution is 0.216. The summed E-state index contributed by atoms with van der Waals surface area (Å²) >= 11 is 1.88. The first kappa shape index (κ1) is 11.3. The highest BCUT2D eigenvalue weighted by Crippen LogP contribution is 2.06. The standard InChI is InChI=1S/C8H20N2S/c1-7(5-9)10(3)8(2)6-11-4/h7-8H,5-6,9H2,1-4H3. The molecule has 0 aromatic carbocycles. The number of nitrogens with two attached hydrogens (primary N) is 1. The summed E-state index contributed by atoms with van der Waals surface area (Å²) in [5, 5.41) is 0. The molecule has 0 aromatic heterocycles. The van der Waals surface area contributed by atoms with Crippen LogP contribution in [0.4, 0.5) is 0 Å². The van der Waals surface area contributed by atoms with Crippen LogP contribution in [0.3, 0.4) is 0 Å². The van der Waals surface area contributed by atoms with Gasteiger partial charge in [0.15, 0.2) is 0 Å². The molecule has 2 nitrogen and oxygen atoms in total. The van der Waals surface area contributed by atoms with E-state index in [-0.39, 0.29) is 0 Å². The van der Waals surface area contributed by atoms with E-state index in [1.165, 1.54) is 5.75 Å². The second-order valence-corrected chi connectivity index (χ2v) is 3.97. The minimum atomic E-state index is 0.497. The quantitative estimate of drug-likeness (QED) is 0.678. The van der Waals surface area contributed by atoms with Crippen molar-refractivity contribution in [2.24, 2.45) is 5.73 Å². The highest BCUT2D eigenvalue weighted by atomic mass is 32.2. The molecule has 0 aliphatic carbocycles. The van der Waals surface area contributed by atoms with Crippen LogP contribution in [0.25, 0.3) is 0 Å². The molecule has 0 fully saturated rings. The molecule has 0 rings (SSSR count). The van der Waals surface area contributed by atoms with Gasteiger partial charge in [-0.05, 0) is 27.2 Å². The average Bonchev–Trinajstić information content (AvgIpc) is 2.02. The van der Waals surface area contributed by atoms with Crippen LogP contribution in [0.5, 0.6) is 0 Å². The predicted molar refractivity (Wildman–Crippen MR) is 54.1 cm³/mol. The van der Waals surface area contributed by atoms with Gasteiger partial charge >= 0.3 is 0 Å². The monoisotopic (exact) mass is 176 g/mol. The number of hydrogen-bond donors (Lipinski definition) is 1. The van der Waals surface area contributed by atoms with Crippen LogP contribution in [0.1, 0.15) is 13.8 Å². The number of thioether (sulfide) groups is 1. The molecule has 0 bridgehead atoms. The Balaban J connectivity index is 3.70. The minimum absolute atomic E-state index is 0.497. The van der Waals surface area contributed by atoms with E-state index in [1.807, 2.05) is 11.8 Å². The molecule has 0 aliphatic rings. The molecule has 0 aromatic rings. The van der Waals surface area contributed by atoms with E-state index in [2.05, 4.69) is 32.1 Å². The Bertz CT molecular complexity index is 98.1. The fourth-order valence-electron chi connectivity index (χ4n) is 0.959. The molecule has 2 unspecified atom stereocenters. The molecule has 2 atom stereocenters. The molecular weight excluding hydrogens is 156 g/mol. The Morgan fingerprint density at radius 1 is 1.36 bits per heavy atom. The molecule has 0 saturated carbocycles. The third-order valence-electron chi connectivity index (χ3n) is 2.14. The van der Waals surface area contributed by atoms with Gasteiger partial charge in [-0.1, -0.05) is 0 Å². The van der Waals surface area contributed by atoms with Crippen LogP contribution in [-0.2, 0) is 0 Å². The molecule has 0 amide bonds. The summed E-state index contributed by atoms with van der Waals surface area (Å²) in [6.07, 6.45) is 2.14. The summed E-state index contributed by atoms with van der Waals surface area (Å²) in [6, 6.07) is 1.13. The fraction of sp³-hybridized carbons (Fsp3) is 1.00. The van der Waals surface area contributed by atoms with E-state index in [9.17, 15) is 0 Å². The number of likely N-dealkylation sites (N-methyl/N-ethyl adjacent to an activating group) is 1. The number of rotatable bonds is 5. The molecule has 0 aliphatic heterocycles. The third kappa shape index (κ3) is 3.99. The first-order chi connectivity index (χ1) is 5.13. The van der Waals surface area contributed by atoms with E-state index in [0.717, 1.165) is 6.54 Å². The van der Waals surface area contributed by atoms with Crippen molar-refractivity contribution >= 4 is 11.8 Å². The Morgan fingerprint density at radius 3 is 2.27 bits per heavy atom. The minimum Gasteiger partial charge on any atom is -0.329 e. The number of nitrogens with zero attached hydrogens (tertiary/aromatic N) is 1. The first-order valence-corrected chi connectivity index (χ1v) is 5.43. The van der Waals surface area contributed by atoms with Crippen molar-refractivity contribution in [1.82, 2.24) is 4.90 Å². The van der Waals surface area contributed by atoms with Crippen LogP contribution in [0.2, 0.25) is 0 Å². The van der Waals surface area contributed by atoms with Crippen molar-refractivity contribution in [3.63, 3.8) is 0 Å². The maximum absolute atomic E-state index is 5.56. The summed E-state index contributed by atoms with van der Waals surface area (Å²) in [5.74, 6) is 1.18. The van der Waals surface area contributed by atoms with Crippen molar-refractivity contribution in [2.45, 2.75) is 25.9 Å². The Labute approximate surface area is 74.5 Å². The van der Waals surface area contributed by atoms with E-state index < -0.39 is 0 Å². The smallest absolute Gasteiger partial charge is 0.0190 e. The van der Waals surface area contributed by atoms with Crippen LogP contribution in [-0.4, -0.2) is 42.6 Å². The summed E-state index contributed by atoms with van der Waals surface area (Å²) in [7, 11) is 2.14. The zero-order chi connectivity index (χ0) is 8.85. The van der Waals surface area contributed by atoms with Crippen molar-refractivity contribution in [1.29, 1.82) is 0 Å². The van der Waals surface area contributed by atoms with Gasteiger partial charge in [0.25, 0.3) is 0 Å².